The zero-order valence-corrected chi connectivity index (χ0v) is 9.58. The molecule has 1 aromatic carbocycles. The van der Waals surface area contributed by atoms with Gasteiger partial charge in [0.2, 0.25) is 0 Å². The smallest absolute Gasteiger partial charge is 0.0694 e. The third kappa shape index (κ3) is 1.51. The molecule has 0 aliphatic rings. The maximum atomic E-state index is 6.23. The number of H-pyrrole nitrogens is 1. The van der Waals surface area contributed by atoms with E-state index in [4.69, 9.17) is 23.2 Å². The number of aromatic amines is 1. The van der Waals surface area contributed by atoms with E-state index in [0.717, 1.165) is 26.6 Å². The molecule has 1 heterocycles. The van der Waals surface area contributed by atoms with E-state index < -0.39 is 0 Å². The normalized spacial score (nSPS) is 11.5. The molecular weight excluding hydrogens is 217 g/mol. The topological polar surface area (TPSA) is 15.8 Å². The monoisotopic (exact) mass is 227 g/mol. The van der Waals surface area contributed by atoms with Crippen molar-refractivity contribution in [1.82, 2.24) is 4.98 Å². The zero-order valence-electron chi connectivity index (χ0n) is 8.07. The van der Waals surface area contributed by atoms with E-state index in [9.17, 15) is 0 Å². The summed E-state index contributed by atoms with van der Waals surface area (Å²) < 4.78 is 0. The number of benzene rings is 1. The molecule has 0 aliphatic carbocycles. The Hall–Kier alpha value is -0.660. The molecule has 1 nitrogen and oxygen atoms in total. The fourth-order valence-corrected chi connectivity index (χ4v) is 2.16. The summed E-state index contributed by atoms with van der Waals surface area (Å²) in [6.45, 7) is 4.22. The minimum atomic E-state index is 0.397. The van der Waals surface area contributed by atoms with E-state index >= 15 is 0 Å². The maximum absolute atomic E-state index is 6.23. The lowest BCUT2D eigenvalue weighted by Gasteiger charge is -2.00. The molecule has 2 aromatic rings. The fraction of sp³-hybridized carbons (Fsp3) is 0.273. The molecule has 0 aliphatic heterocycles. The van der Waals surface area contributed by atoms with E-state index in [1.54, 1.807) is 0 Å². The fourth-order valence-electron chi connectivity index (χ4n) is 1.55. The van der Waals surface area contributed by atoms with Crippen LogP contribution in [0.15, 0.2) is 18.2 Å². The Labute approximate surface area is 93.0 Å². The molecule has 2 rings (SSSR count). The summed E-state index contributed by atoms with van der Waals surface area (Å²) in [5.74, 6) is 0.397. The highest BCUT2D eigenvalue weighted by molar-refractivity contribution is 6.37. The number of fused-ring (bicyclic) bond motifs is 1. The van der Waals surface area contributed by atoms with Gasteiger partial charge < -0.3 is 4.98 Å². The van der Waals surface area contributed by atoms with E-state index in [1.807, 2.05) is 18.2 Å². The average molecular weight is 228 g/mol. The number of hydrogen-bond acceptors (Lipinski definition) is 0. The van der Waals surface area contributed by atoms with Gasteiger partial charge >= 0.3 is 0 Å². The van der Waals surface area contributed by atoms with Crippen LogP contribution in [-0.2, 0) is 0 Å². The molecule has 0 atom stereocenters. The highest BCUT2D eigenvalue weighted by atomic mass is 35.5. The van der Waals surface area contributed by atoms with Crippen molar-refractivity contribution in [3.8, 4) is 0 Å². The molecule has 0 radical (unpaired) electrons. The second-order valence-electron chi connectivity index (χ2n) is 3.70. The molecule has 0 amide bonds. The third-order valence-electron chi connectivity index (χ3n) is 2.30. The van der Waals surface area contributed by atoms with Crippen molar-refractivity contribution >= 4 is 34.1 Å². The van der Waals surface area contributed by atoms with Crippen molar-refractivity contribution in [1.29, 1.82) is 0 Å². The van der Waals surface area contributed by atoms with Crippen LogP contribution in [0, 0.1) is 0 Å². The van der Waals surface area contributed by atoms with Gasteiger partial charge in [-0.2, -0.15) is 0 Å². The van der Waals surface area contributed by atoms with Gasteiger partial charge in [-0.1, -0.05) is 37.0 Å². The molecule has 14 heavy (non-hydrogen) atoms. The quantitative estimate of drug-likeness (QED) is 0.734. The first-order valence-electron chi connectivity index (χ1n) is 4.56. The molecule has 0 saturated heterocycles. The average Bonchev–Trinajstić information content (AvgIpc) is 2.43. The van der Waals surface area contributed by atoms with E-state index in [0.29, 0.717) is 5.92 Å². The maximum Gasteiger partial charge on any atom is 0.0694 e. The Morgan fingerprint density at radius 3 is 2.57 bits per heavy atom. The summed E-state index contributed by atoms with van der Waals surface area (Å²) in [6, 6.07) is 5.70. The van der Waals surface area contributed by atoms with Gasteiger partial charge in [0.1, 0.15) is 0 Å². The van der Waals surface area contributed by atoms with Crippen molar-refractivity contribution in [2.75, 3.05) is 0 Å². The highest BCUT2D eigenvalue weighted by Gasteiger charge is 2.11. The van der Waals surface area contributed by atoms with Gasteiger partial charge in [0.05, 0.1) is 5.02 Å². The van der Waals surface area contributed by atoms with E-state index in [-0.39, 0.29) is 0 Å². The number of aromatic nitrogens is 1. The van der Waals surface area contributed by atoms with Crippen LogP contribution < -0.4 is 0 Å². The second-order valence-corrected chi connectivity index (χ2v) is 4.51. The number of halogens is 2. The molecule has 0 bridgehead atoms. The lowest BCUT2D eigenvalue weighted by atomic mass is 10.1. The van der Waals surface area contributed by atoms with Crippen molar-refractivity contribution in [3.05, 3.63) is 33.9 Å². The summed E-state index contributed by atoms with van der Waals surface area (Å²) in [5.41, 5.74) is 2.08. The van der Waals surface area contributed by atoms with Gasteiger partial charge in [-0.15, -0.1) is 0 Å². The minimum absolute atomic E-state index is 0.397. The standard InChI is InChI=1S/C11H11Cl2N/c1-6(2)11-10(13)8-4-3-7(12)5-9(8)14-11/h3-6,14H,1-2H3. The van der Waals surface area contributed by atoms with Crippen LogP contribution in [0.4, 0.5) is 0 Å². The van der Waals surface area contributed by atoms with Gasteiger partial charge in [0, 0.05) is 21.6 Å². The number of rotatable bonds is 1. The third-order valence-corrected chi connectivity index (χ3v) is 2.94. The van der Waals surface area contributed by atoms with Crippen molar-refractivity contribution in [2.45, 2.75) is 19.8 Å². The van der Waals surface area contributed by atoms with Crippen LogP contribution in [0.3, 0.4) is 0 Å². The SMILES string of the molecule is CC(C)c1[nH]c2cc(Cl)ccc2c1Cl. The zero-order chi connectivity index (χ0) is 10.3. The minimum Gasteiger partial charge on any atom is -0.357 e. The molecule has 0 fully saturated rings. The Morgan fingerprint density at radius 2 is 1.93 bits per heavy atom. The van der Waals surface area contributed by atoms with Crippen molar-refractivity contribution < 1.29 is 0 Å². The molecule has 0 unspecified atom stereocenters. The lowest BCUT2D eigenvalue weighted by molar-refractivity contribution is 0.837. The summed E-state index contributed by atoms with van der Waals surface area (Å²) in [7, 11) is 0. The van der Waals surface area contributed by atoms with Crippen molar-refractivity contribution in [2.24, 2.45) is 0 Å². The van der Waals surface area contributed by atoms with Crippen LogP contribution in [0.1, 0.15) is 25.5 Å². The predicted octanol–water partition coefficient (Wildman–Crippen LogP) is 4.60. The Kier molecular flexibility index (Phi) is 2.46. The molecule has 0 saturated carbocycles. The largest absolute Gasteiger partial charge is 0.357 e. The Bertz CT molecular complexity index is 471. The first-order valence-corrected chi connectivity index (χ1v) is 5.32. The van der Waals surface area contributed by atoms with Gasteiger partial charge in [-0.25, -0.2) is 0 Å². The first-order chi connectivity index (χ1) is 6.59. The molecule has 0 spiro atoms. The van der Waals surface area contributed by atoms with Crippen LogP contribution in [0.25, 0.3) is 10.9 Å². The Morgan fingerprint density at radius 1 is 1.21 bits per heavy atom. The molecule has 1 N–H and O–H groups in total. The summed E-state index contributed by atoms with van der Waals surface area (Å²) in [5, 5.41) is 2.58. The van der Waals surface area contributed by atoms with Crippen LogP contribution >= 0.6 is 23.2 Å². The van der Waals surface area contributed by atoms with Crippen molar-refractivity contribution in [3.63, 3.8) is 0 Å². The summed E-state index contributed by atoms with van der Waals surface area (Å²) in [4.78, 5) is 3.29. The lowest BCUT2D eigenvalue weighted by Crippen LogP contribution is -1.86. The molecular formula is C11H11Cl2N. The van der Waals surface area contributed by atoms with Gasteiger partial charge in [-0.05, 0) is 24.1 Å². The summed E-state index contributed by atoms with van der Waals surface area (Å²) >= 11 is 12.1. The van der Waals surface area contributed by atoms with Gasteiger partial charge in [0.15, 0.2) is 0 Å². The first kappa shape index (κ1) is 9.88. The van der Waals surface area contributed by atoms with Gasteiger partial charge in [0.25, 0.3) is 0 Å². The number of hydrogen-bond donors (Lipinski definition) is 1. The van der Waals surface area contributed by atoms with Crippen LogP contribution in [0.2, 0.25) is 10.0 Å². The molecule has 3 heteroatoms. The van der Waals surface area contributed by atoms with Gasteiger partial charge in [-0.3, -0.25) is 0 Å². The predicted molar refractivity (Wildman–Crippen MR) is 62.4 cm³/mol. The molecule has 74 valence electrons. The molecule has 1 aromatic heterocycles. The summed E-state index contributed by atoms with van der Waals surface area (Å²) in [6.07, 6.45) is 0. The number of nitrogens with one attached hydrogen (secondary N) is 1. The van der Waals surface area contributed by atoms with E-state index in [1.165, 1.54) is 0 Å². The highest BCUT2D eigenvalue weighted by Crippen LogP contribution is 2.32. The Balaban J connectivity index is 2.73. The van der Waals surface area contributed by atoms with E-state index in [2.05, 4.69) is 18.8 Å². The second kappa shape index (κ2) is 3.48. The van der Waals surface area contributed by atoms with Crippen LogP contribution in [0.5, 0.6) is 0 Å². The van der Waals surface area contributed by atoms with Crippen LogP contribution in [-0.4, -0.2) is 4.98 Å².